The van der Waals surface area contributed by atoms with E-state index in [0.717, 1.165) is 40.2 Å². The molecule has 7 heteroatoms. The molecule has 7 nitrogen and oxygen atoms in total. The van der Waals surface area contributed by atoms with E-state index in [4.69, 9.17) is 19.4 Å². The van der Waals surface area contributed by atoms with Crippen molar-refractivity contribution in [2.45, 2.75) is 25.4 Å². The van der Waals surface area contributed by atoms with Gasteiger partial charge < -0.3 is 19.7 Å². The molecular weight excluding hydrogens is 548 g/mol. The van der Waals surface area contributed by atoms with E-state index in [9.17, 15) is 4.79 Å². The van der Waals surface area contributed by atoms with Crippen LogP contribution in [0.2, 0.25) is 0 Å². The number of nitrogens with zero attached hydrogens (tertiary/aromatic N) is 3. The van der Waals surface area contributed by atoms with Gasteiger partial charge in [0, 0.05) is 31.3 Å². The number of rotatable bonds is 14. The van der Waals surface area contributed by atoms with Crippen molar-refractivity contribution in [2.75, 3.05) is 32.3 Å². The fourth-order valence-corrected chi connectivity index (χ4v) is 5.17. The molecule has 0 bridgehead atoms. The van der Waals surface area contributed by atoms with E-state index in [0.29, 0.717) is 31.9 Å². The number of methoxy groups -OCH3 is 2. The summed E-state index contributed by atoms with van der Waals surface area (Å²) in [5, 5.41) is 3.17. The quantitative estimate of drug-likeness (QED) is 0.158. The molecule has 4 aromatic carbocycles. The Morgan fingerprint density at radius 2 is 1.39 bits per heavy atom. The fraction of sp³-hybridized carbons (Fsp3) is 0.216. The third-order valence-electron chi connectivity index (χ3n) is 7.54. The summed E-state index contributed by atoms with van der Waals surface area (Å²) in [6, 6.07) is 37.5. The van der Waals surface area contributed by atoms with Crippen LogP contribution in [0.25, 0.3) is 22.5 Å². The minimum atomic E-state index is -0.510. The summed E-state index contributed by atoms with van der Waals surface area (Å²) in [7, 11) is 3.31. The molecule has 5 aromatic rings. The minimum absolute atomic E-state index is 0.0805. The SMILES string of the molecule is COCCN(c1cnc(-c2ccccc2)c(-c2ccccc2)n1)C(CCc1ccccc1)C(=O)NCc1ccc(OC)cc1. The van der Waals surface area contributed by atoms with Gasteiger partial charge in [-0.3, -0.25) is 9.78 Å². The molecule has 0 radical (unpaired) electrons. The Bertz CT molecular complexity index is 1600. The summed E-state index contributed by atoms with van der Waals surface area (Å²) in [6.45, 7) is 1.30. The number of hydrogen-bond donors (Lipinski definition) is 1. The summed E-state index contributed by atoms with van der Waals surface area (Å²) < 4.78 is 10.8. The molecule has 5 rings (SSSR count). The molecule has 1 atom stereocenters. The second-order valence-electron chi connectivity index (χ2n) is 10.4. The van der Waals surface area contributed by atoms with Gasteiger partial charge in [0.1, 0.15) is 17.6 Å². The first-order valence-electron chi connectivity index (χ1n) is 14.8. The Morgan fingerprint density at radius 3 is 2.00 bits per heavy atom. The Hall–Kier alpha value is -5.01. The summed E-state index contributed by atoms with van der Waals surface area (Å²) in [6.07, 6.45) is 3.09. The summed E-state index contributed by atoms with van der Waals surface area (Å²) in [4.78, 5) is 26.2. The minimum Gasteiger partial charge on any atom is -0.497 e. The standard InChI is InChI=1S/C37H38N4O3/c1-43-25-24-41(34-27-38-35(30-14-8-4-9-15-30)36(40-34)31-16-10-5-11-17-31)33(23-20-28-12-6-3-7-13-28)37(42)39-26-29-18-21-32(44-2)22-19-29/h3-19,21-22,27,33H,20,23-26H2,1-2H3,(H,39,42). The molecule has 0 saturated carbocycles. The van der Waals surface area contributed by atoms with Gasteiger partial charge in [-0.05, 0) is 36.1 Å². The van der Waals surface area contributed by atoms with Crippen LogP contribution in [0.3, 0.4) is 0 Å². The van der Waals surface area contributed by atoms with Crippen molar-refractivity contribution in [1.82, 2.24) is 15.3 Å². The number of aryl methyl sites for hydroxylation is 1. The average molecular weight is 587 g/mol. The molecule has 1 N–H and O–H groups in total. The number of benzene rings is 4. The number of hydrogen-bond acceptors (Lipinski definition) is 6. The zero-order valence-corrected chi connectivity index (χ0v) is 25.2. The van der Waals surface area contributed by atoms with E-state index in [-0.39, 0.29) is 5.91 Å². The van der Waals surface area contributed by atoms with Gasteiger partial charge in [-0.2, -0.15) is 0 Å². The van der Waals surface area contributed by atoms with Crippen LogP contribution in [0.4, 0.5) is 5.82 Å². The topological polar surface area (TPSA) is 76.6 Å². The van der Waals surface area contributed by atoms with Gasteiger partial charge in [-0.1, -0.05) is 103 Å². The number of amides is 1. The molecule has 44 heavy (non-hydrogen) atoms. The van der Waals surface area contributed by atoms with Crippen LogP contribution in [0.1, 0.15) is 17.5 Å². The van der Waals surface area contributed by atoms with E-state index < -0.39 is 6.04 Å². The van der Waals surface area contributed by atoms with Gasteiger partial charge >= 0.3 is 0 Å². The molecule has 0 spiro atoms. The van der Waals surface area contributed by atoms with Crippen LogP contribution in [-0.4, -0.2) is 49.3 Å². The lowest BCUT2D eigenvalue weighted by molar-refractivity contribution is -0.122. The van der Waals surface area contributed by atoms with Crippen LogP contribution in [0.5, 0.6) is 5.75 Å². The van der Waals surface area contributed by atoms with Gasteiger partial charge in [-0.15, -0.1) is 0 Å². The molecule has 0 saturated heterocycles. The van der Waals surface area contributed by atoms with Crippen LogP contribution >= 0.6 is 0 Å². The van der Waals surface area contributed by atoms with Crippen molar-refractivity contribution in [3.63, 3.8) is 0 Å². The average Bonchev–Trinajstić information content (AvgIpc) is 3.10. The Kier molecular flexibility index (Phi) is 10.7. The molecule has 0 aliphatic carbocycles. The highest BCUT2D eigenvalue weighted by Crippen LogP contribution is 2.31. The van der Waals surface area contributed by atoms with Crippen molar-refractivity contribution in [3.8, 4) is 28.3 Å². The van der Waals surface area contributed by atoms with E-state index in [2.05, 4.69) is 17.4 Å². The van der Waals surface area contributed by atoms with E-state index in [1.165, 1.54) is 5.56 Å². The van der Waals surface area contributed by atoms with Gasteiger partial charge in [0.05, 0.1) is 31.3 Å². The van der Waals surface area contributed by atoms with Crippen LogP contribution in [-0.2, 0) is 22.5 Å². The molecule has 0 aliphatic rings. The smallest absolute Gasteiger partial charge is 0.243 e. The maximum atomic E-state index is 14.0. The fourth-order valence-electron chi connectivity index (χ4n) is 5.17. The second-order valence-corrected chi connectivity index (χ2v) is 10.4. The molecule has 1 heterocycles. The van der Waals surface area contributed by atoms with Gasteiger partial charge in [0.2, 0.25) is 5.91 Å². The molecule has 224 valence electrons. The number of carbonyl (C=O) groups excluding carboxylic acids is 1. The molecule has 0 aliphatic heterocycles. The Labute approximate surface area is 259 Å². The van der Waals surface area contributed by atoms with E-state index >= 15 is 0 Å². The molecule has 1 aromatic heterocycles. The Balaban J connectivity index is 1.51. The zero-order chi connectivity index (χ0) is 30.6. The zero-order valence-electron chi connectivity index (χ0n) is 25.2. The highest BCUT2D eigenvalue weighted by Gasteiger charge is 2.28. The van der Waals surface area contributed by atoms with Crippen molar-refractivity contribution < 1.29 is 14.3 Å². The lowest BCUT2D eigenvalue weighted by Crippen LogP contribution is -2.49. The van der Waals surface area contributed by atoms with Gasteiger partial charge in [0.15, 0.2) is 0 Å². The van der Waals surface area contributed by atoms with Gasteiger partial charge in [0.25, 0.3) is 0 Å². The second kappa shape index (κ2) is 15.5. The number of aromatic nitrogens is 2. The highest BCUT2D eigenvalue weighted by molar-refractivity contribution is 5.85. The van der Waals surface area contributed by atoms with Crippen molar-refractivity contribution in [1.29, 1.82) is 0 Å². The molecular formula is C37H38N4O3. The summed E-state index contributed by atoms with van der Waals surface area (Å²) in [5.74, 6) is 1.32. The third kappa shape index (κ3) is 7.88. The van der Waals surface area contributed by atoms with Crippen LogP contribution < -0.4 is 15.0 Å². The summed E-state index contributed by atoms with van der Waals surface area (Å²) in [5.41, 5.74) is 5.64. The third-order valence-corrected chi connectivity index (χ3v) is 7.54. The van der Waals surface area contributed by atoms with E-state index in [1.807, 2.05) is 108 Å². The highest BCUT2D eigenvalue weighted by atomic mass is 16.5. The first kappa shape index (κ1) is 30.4. The predicted molar refractivity (Wildman–Crippen MR) is 176 cm³/mol. The number of ether oxygens (including phenoxy) is 2. The van der Waals surface area contributed by atoms with Crippen LogP contribution in [0, 0.1) is 0 Å². The molecule has 1 unspecified atom stereocenters. The van der Waals surface area contributed by atoms with Gasteiger partial charge in [-0.25, -0.2) is 4.98 Å². The summed E-state index contributed by atoms with van der Waals surface area (Å²) >= 11 is 0. The first-order chi connectivity index (χ1) is 21.7. The largest absolute Gasteiger partial charge is 0.497 e. The normalized spacial score (nSPS) is 11.5. The van der Waals surface area contributed by atoms with E-state index in [1.54, 1.807) is 20.4 Å². The first-order valence-corrected chi connectivity index (χ1v) is 14.8. The van der Waals surface area contributed by atoms with Crippen LogP contribution in [0.15, 0.2) is 121 Å². The van der Waals surface area contributed by atoms with Crippen molar-refractivity contribution >= 4 is 11.7 Å². The number of nitrogens with one attached hydrogen (secondary N) is 1. The maximum absolute atomic E-state index is 14.0. The number of carbonyl (C=O) groups is 1. The molecule has 1 amide bonds. The maximum Gasteiger partial charge on any atom is 0.243 e. The monoisotopic (exact) mass is 586 g/mol. The van der Waals surface area contributed by atoms with Crippen molar-refractivity contribution in [2.24, 2.45) is 0 Å². The molecule has 0 fully saturated rings. The van der Waals surface area contributed by atoms with Crippen molar-refractivity contribution in [3.05, 3.63) is 133 Å². The lowest BCUT2D eigenvalue weighted by atomic mass is 10.0. The Morgan fingerprint density at radius 1 is 0.773 bits per heavy atom. The lowest BCUT2D eigenvalue weighted by Gasteiger charge is -2.32. The predicted octanol–water partition coefficient (Wildman–Crippen LogP) is 6.59. The number of anilines is 1.